The second-order valence-corrected chi connectivity index (χ2v) is 3.83. The van der Waals surface area contributed by atoms with E-state index in [9.17, 15) is 13.6 Å². The third-order valence-electron chi connectivity index (χ3n) is 2.46. The molecular weight excluding hydrogens is 226 g/mol. The summed E-state index contributed by atoms with van der Waals surface area (Å²) in [5.41, 5.74) is 0.528. The van der Waals surface area contributed by atoms with Crippen LogP contribution in [0.2, 0.25) is 0 Å². The van der Waals surface area contributed by atoms with Gasteiger partial charge in [-0.15, -0.1) is 0 Å². The maximum absolute atomic E-state index is 12.9. The van der Waals surface area contributed by atoms with E-state index < -0.39 is 11.6 Å². The summed E-state index contributed by atoms with van der Waals surface area (Å²) in [6, 6.07) is 3.07. The van der Waals surface area contributed by atoms with E-state index in [0.29, 0.717) is 18.5 Å². The lowest BCUT2D eigenvalue weighted by atomic mass is 10.1. The van der Waals surface area contributed by atoms with E-state index in [1.165, 1.54) is 12.1 Å². The van der Waals surface area contributed by atoms with Crippen LogP contribution in [-0.2, 0) is 11.2 Å². The average Bonchev–Trinajstić information content (AvgIpc) is 2.26. The standard InChI is InChI=1S/C12H16F2N2O/c1-8(15-2)12(17)16-4-3-9-5-10(13)7-11(14)6-9/h5-8,15H,3-4H2,1-2H3,(H,16,17). The number of likely N-dealkylation sites (N-methyl/N-ethyl adjacent to an activating group) is 1. The molecule has 0 aliphatic carbocycles. The van der Waals surface area contributed by atoms with E-state index in [0.717, 1.165) is 6.07 Å². The Labute approximate surface area is 99.2 Å². The van der Waals surface area contributed by atoms with Crippen LogP contribution < -0.4 is 10.6 Å². The van der Waals surface area contributed by atoms with Gasteiger partial charge in [0, 0.05) is 12.6 Å². The quantitative estimate of drug-likeness (QED) is 0.815. The largest absolute Gasteiger partial charge is 0.354 e. The summed E-state index contributed by atoms with van der Waals surface area (Å²) in [7, 11) is 1.69. The van der Waals surface area contributed by atoms with Gasteiger partial charge in [-0.05, 0) is 38.1 Å². The molecule has 1 unspecified atom stereocenters. The summed E-state index contributed by atoms with van der Waals surface area (Å²) in [4.78, 5) is 11.4. The number of benzene rings is 1. The molecule has 0 heterocycles. The molecule has 0 saturated carbocycles. The fourth-order valence-electron chi connectivity index (χ4n) is 1.37. The monoisotopic (exact) mass is 242 g/mol. The highest BCUT2D eigenvalue weighted by atomic mass is 19.1. The Hall–Kier alpha value is -1.49. The van der Waals surface area contributed by atoms with Crippen LogP contribution in [0.5, 0.6) is 0 Å². The number of nitrogens with one attached hydrogen (secondary N) is 2. The average molecular weight is 242 g/mol. The van der Waals surface area contributed by atoms with Gasteiger partial charge >= 0.3 is 0 Å². The fraction of sp³-hybridized carbons (Fsp3) is 0.417. The van der Waals surface area contributed by atoms with Crippen molar-refractivity contribution in [3.63, 3.8) is 0 Å². The maximum Gasteiger partial charge on any atom is 0.236 e. The van der Waals surface area contributed by atoms with E-state index in [1.807, 2.05) is 0 Å². The highest BCUT2D eigenvalue weighted by molar-refractivity contribution is 5.81. The number of hydrogen-bond acceptors (Lipinski definition) is 2. The molecule has 2 N–H and O–H groups in total. The van der Waals surface area contributed by atoms with Gasteiger partial charge in [0.25, 0.3) is 0 Å². The fourth-order valence-corrected chi connectivity index (χ4v) is 1.37. The third kappa shape index (κ3) is 4.48. The topological polar surface area (TPSA) is 41.1 Å². The summed E-state index contributed by atoms with van der Waals surface area (Å²) in [5.74, 6) is -1.34. The van der Waals surface area contributed by atoms with Crippen LogP contribution in [0.3, 0.4) is 0 Å². The van der Waals surface area contributed by atoms with Crippen molar-refractivity contribution < 1.29 is 13.6 Å². The minimum absolute atomic E-state index is 0.135. The van der Waals surface area contributed by atoms with Crippen molar-refractivity contribution in [3.05, 3.63) is 35.4 Å². The first-order valence-corrected chi connectivity index (χ1v) is 5.43. The second kappa shape index (κ2) is 6.30. The van der Waals surface area contributed by atoms with Crippen molar-refractivity contribution >= 4 is 5.91 Å². The van der Waals surface area contributed by atoms with Crippen molar-refractivity contribution in [1.29, 1.82) is 0 Å². The van der Waals surface area contributed by atoms with Gasteiger partial charge in [-0.25, -0.2) is 8.78 Å². The van der Waals surface area contributed by atoms with Gasteiger partial charge in [0.15, 0.2) is 0 Å². The van der Waals surface area contributed by atoms with E-state index in [-0.39, 0.29) is 11.9 Å². The summed E-state index contributed by atoms with van der Waals surface area (Å²) in [6.45, 7) is 2.09. The summed E-state index contributed by atoms with van der Waals surface area (Å²) in [6.07, 6.45) is 0.400. The Balaban J connectivity index is 2.43. The zero-order valence-electron chi connectivity index (χ0n) is 9.89. The number of amides is 1. The molecule has 0 aromatic heterocycles. The first-order valence-electron chi connectivity index (χ1n) is 5.43. The minimum atomic E-state index is -0.602. The Morgan fingerprint density at radius 3 is 2.41 bits per heavy atom. The van der Waals surface area contributed by atoms with Crippen molar-refractivity contribution in [2.24, 2.45) is 0 Å². The second-order valence-electron chi connectivity index (χ2n) is 3.83. The van der Waals surface area contributed by atoms with Gasteiger partial charge in [-0.1, -0.05) is 0 Å². The highest BCUT2D eigenvalue weighted by Crippen LogP contribution is 2.08. The number of halogens is 2. The van der Waals surface area contributed by atoms with Crippen LogP contribution in [0.4, 0.5) is 8.78 Å². The predicted molar refractivity (Wildman–Crippen MR) is 61.6 cm³/mol. The molecule has 1 atom stereocenters. The van der Waals surface area contributed by atoms with Crippen LogP contribution in [0.15, 0.2) is 18.2 Å². The zero-order valence-corrected chi connectivity index (χ0v) is 9.89. The van der Waals surface area contributed by atoms with Crippen molar-refractivity contribution in [2.75, 3.05) is 13.6 Å². The van der Waals surface area contributed by atoms with Crippen LogP contribution in [0.25, 0.3) is 0 Å². The molecule has 0 spiro atoms. The molecule has 3 nitrogen and oxygen atoms in total. The summed E-state index contributed by atoms with van der Waals surface area (Å²) in [5, 5.41) is 5.47. The SMILES string of the molecule is CNC(C)C(=O)NCCc1cc(F)cc(F)c1. The first kappa shape index (κ1) is 13.6. The third-order valence-corrected chi connectivity index (χ3v) is 2.46. The lowest BCUT2D eigenvalue weighted by Crippen LogP contribution is -2.41. The highest BCUT2D eigenvalue weighted by Gasteiger charge is 2.09. The molecule has 0 aliphatic heterocycles. The predicted octanol–water partition coefficient (Wildman–Crippen LogP) is 1.23. The molecule has 0 aliphatic rings. The molecule has 0 fully saturated rings. The van der Waals surface area contributed by atoms with Gasteiger partial charge in [0.05, 0.1) is 6.04 Å². The molecule has 0 saturated heterocycles. The van der Waals surface area contributed by atoms with Crippen LogP contribution in [0.1, 0.15) is 12.5 Å². The van der Waals surface area contributed by atoms with Crippen molar-refractivity contribution in [2.45, 2.75) is 19.4 Å². The number of carbonyl (C=O) groups is 1. The minimum Gasteiger partial charge on any atom is -0.354 e. The normalized spacial score (nSPS) is 12.2. The molecular formula is C12H16F2N2O. The molecule has 94 valence electrons. The lowest BCUT2D eigenvalue weighted by molar-refractivity contribution is -0.122. The Morgan fingerprint density at radius 2 is 1.88 bits per heavy atom. The molecule has 1 aromatic carbocycles. The van der Waals surface area contributed by atoms with Gasteiger partial charge in [0.1, 0.15) is 11.6 Å². The zero-order chi connectivity index (χ0) is 12.8. The van der Waals surface area contributed by atoms with E-state index in [1.54, 1.807) is 14.0 Å². The smallest absolute Gasteiger partial charge is 0.236 e. The lowest BCUT2D eigenvalue weighted by Gasteiger charge is -2.10. The maximum atomic E-state index is 12.9. The van der Waals surface area contributed by atoms with E-state index in [4.69, 9.17) is 0 Å². The number of rotatable bonds is 5. The molecule has 5 heteroatoms. The van der Waals surface area contributed by atoms with Crippen LogP contribution in [0, 0.1) is 11.6 Å². The summed E-state index contributed by atoms with van der Waals surface area (Å²) >= 11 is 0. The van der Waals surface area contributed by atoms with Crippen LogP contribution >= 0.6 is 0 Å². The Bertz CT molecular complexity index is 376. The van der Waals surface area contributed by atoms with Crippen molar-refractivity contribution in [1.82, 2.24) is 10.6 Å². The molecule has 0 bridgehead atoms. The Morgan fingerprint density at radius 1 is 1.29 bits per heavy atom. The van der Waals surface area contributed by atoms with E-state index in [2.05, 4.69) is 10.6 Å². The molecule has 1 aromatic rings. The van der Waals surface area contributed by atoms with Gasteiger partial charge in [-0.2, -0.15) is 0 Å². The first-order chi connectivity index (χ1) is 8.02. The van der Waals surface area contributed by atoms with Gasteiger partial charge in [-0.3, -0.25) is 4.79 Å². The molecule has 0 radical (unpaired) electrons. The van der Waals surface area contributed by atoms with E-state index >= 15 is 0 Å². The Kier molecular flexibility index (Phi) is 5.03. The summed E-state index contributed by atoms with van der Waals surface area (Å²) < 4.78 is 25.7. The number of carbonyl (C=O) groups excluding carboxylic acids is 1. The number of hydrogen-bond donors (Lipinski definition) is 2. The molecule has 1 amide bonds. The van der Waals surface area contributed by atoms with Crippen molar-refractivity contribution in [3.8, 4) is 0 Å². The molecule has 17 heavy (non-hydrogen) atoms. The van der Waals surface area contributed by atoms with Gasteiger partial charge in [0.2, 0.25) is 5.91 Å². The van der Waals surface area contributed by atoms with Crippen LogP contribution in [-0.4, -0.2) is 25.5 Å². The van der Waals surface area contributed by atoms with Gasteiger partial charge < -0.3 is 10.6 Å². The molecule has 1 rings (SSSR count).